The molecule has 1 aromatic carbocycles. The van der Waals surface area contributed by atoms with Gasteiger partial charge in [-0.25, -0.2) is 4.68 Å². The molecule has 0 fully saturated rings. The molecule has 0 radical (unpaired) electrons. The maximum absolute atomic E-state index is 12.5. The largest absolute Gasteiger partial charge is 0.380 e. The molecule has 0 bridgehead atoms. The molecule has 3 rings (SSSR count). The van der Waals surface area contributed by atoms with E-state index in [9.17, 15) is 4.79 Å². The van der Waals surface area contributed by atoms with E-state index in [0.29, 0.717) is 18.8 Å². The molecule has 2 heterocycles. The zero-order valence-electron chi connectivity index (χ0n) is 14.7. The number of aromatic nitrogens is 2. The highest BCUT2D eigenvalue weighted by Crippen LogP contribution is 2.24. The van der Waals surface area contributed by atoms with Crippen molar-refractivity contribution in [1.29, 1.82) is 0 Å². The van der Waals surface area contributed by atoms with Crippen LogP contribution in [0.4, 0.5) is 5.69 Å². The number of benzene rings is 1. The number of nitrogens with zero attached hydrogens (tertiary/aromatic N) is 3. The van der Waals surface area contributed by atoms with Crippen LogP contribution in [0.1, 0.15) is 16.5 Å². The molecular formula is C19H21ClN4OS. The fourth-order valence-corrected chi connectivity index (χ4v) is 3.82. The molecule has 136 valence electrons. The van der Waals surface area contributed by atoms with Gasteiger partial charge < -0.3 is 10.2 Å². The van der Waals surface area contributed by atoms with Crippen LogP contribution in [-0.4, -0.2) is 35.3 Å². The van der Waals surface area contributed by atoms with Gasteiger partial charge in [0.15, 0.2) is 0 Å². The Hall–Kier alpha value is -2.15. The summed E-state index contributed by atoms with van der Waals surface area (Å²) in [5.41, 5.74) is 1.27. The van der Waals surface area contributed by atoms with Crippen LogP contribution in [0.3, 0.4) is 0 Å². The van der Waals surface area contributed by atoms with Crippen molar-refractivity contribution in [2.75, 3.05) is 26.0 Å². The molecule has 2 aromatic heterocycles. The average Bonchev–Trinajstić information content (AvgIpc) is 3.16. The minimum atomic E-state index is -0.293. The van der Waals surface area contributed by atoms with Crippen molar-refractivity contribution in [3.8, 4) is 0 Å². The Morgan fingerprint density at radius 1 is 1.23 bits per heavy atom. The van der Waals surface area contributed by atoms with Crippen molar-refractivity contribution in [3.63, 3.8) is 0 Å². The molecule has 0 spiro atoms. The number of thiophene rings is 1. The van der Waals surface area contributed by atoms with E-state index in [1.807, 2.05) is 50.5 Å². The zero-order valence-corrected chi connectivity index (χ0v) is 16.3. The Morgan fingerprint density at radius 2 is 2.00 bits per heavy atom. The van der Waals surface area contributed by atoms with Gasteiger partial charge in [0.2, 0.25) is 0 Å². The first-order valence-corrected chi connectivity index (χ1v) is 9.55. The summed E-state index contributed by atoms with van der Waals surface area (Å²) in [7, 11) is 4.06. The first kappa shape index (κ1) is 18.6. The van der Waals surface area contributed by atoms with Gasteiger partial charge >= 0.3 is 0 Å². The molecule has 0 amide bonds. The van der Waals surface area contributed by atoms with Crippen molar-refractivity contribution >= 4 is 28.6 Å². The summed E-state index contributed by atoms with van der Waals surface area (Å²) in [6.07, 6.45) is 1.62. The predicted octanol–water partition coefficient (Wildman–Crippen LogP) is 3.72. The smallest absolute Gasteiger partial charge is 0.287 e. The normalized spacial score (nSPS) is 12.3. The molecule has 3 aromatic rings. The van der Waals surface area contributed by atoms with Gasteiger partial charge in [-0.2, -0.15) is 5.10 Å². The minimum Gasteiger partial charge on any atom is -0.380 e. The number of hydrogen-bond donors (Lipinski definition) is 1. The van der Waals surface area contributed by atoms with E-state index in [-0.39, 0.29) is 16.6 Å². The minimum absolute atomic E-state index is 0.166. The maximum Gasteiger partial charge on any atom is 0.287 e. The lowest BCUT2D eigenvalue weighted by atomic mass is 10.2. The zero-order chi connectivity index (χ0) is 18.5. The number of anilines is 1. The van der Waals surface area contributed by atoms with E-state index in [2.05, 4.69) is 26.8 Å². The van der Waals surface area contributed by atoms with Crippen LogP contribution in [-0.2, 0) is 6.54 Å². The molecule has 0 unspecified atom stereocenters. The van der Waals surface area contributed by atoms with Crippen LogP contribution >= 0.6 is 22.9 Å². The van der Waals surface area contributed by atoms with Gasteiger partial charge in [-0.15, -0.1) is 11.3 Å². The fourth-order valence-electron chi connectivity index (χ4n) is 2.68. The van der Waals surface area contributed by atoms with E-state index >= 15 is 0 Å². The molecule has 5 nitrogen and oxygen atoms in total. The lowest BCUT2D eigenvalue weighted by Gasteiger charge is -2.24. The van der Waals surface area contributed by atoms with Gasteiger partial charge in [0, 0.05) is 11.4 Å². The Balaban J connectivity index is 1.75. The van der Waals surface area contributed by atoms with Crippen LogP contribution in [0, 0.1) is 0 Å². The lowest BCUT2D eigenvalue weighted by molar-refractivity contribution is 0.316. The third kappa shape index (κ3) is 4.33. The summed E-state index contributed by atoms with van der Waals surface area (Å²) in [5, 5.41) is 9.76. The van der Waals surface area contributed by atoms with Crippen LogP contribution in [0.15, 0.2) is 58.8 Å². The topological polar surface area (TPSA) is 50.2 Å². The second-order valence-electron chi connectivity index (χ2n) is 6.20. The van der Waals surface area contributed by atoms with Gasteiger partial charge in [-0.05, 0) is 31.1 Å². The molecule has 0 saturated carbocycles. The summed E-state index contributed by atoms with van der Waals surface area (Å²) in [5.74, 6) is 0. The van der Waals surface area contributed by atoms with Crippen molar-refractivity contribution in [1.82, 2.24) is 14.7 Å². The molecule has 7 heteroatoms. The SMILES string of the molecule is CN(C)[C@@H](CNc1cnn(Cc2ccccc2)c(=O)c1Cl)c1cccs1. The van der Waals surface area contributed by atoms with Crippen LogP contribution in [0.2, 0.25) is 5.02 Å². The Bertz CT molecular complexity index is 894. The second-order valence-corrected chi connectivity index (χ2v) is 7.55. The highest BCUT2D eigenvalue weighted by Gasteiger charge is 2.16. The number of likely N-dealkylation sites (N-methyl/N-ethyl adjacent to an activating group) is 1. The van der Waals surface area contributed by atoms with Gasteiger partial charge in [-0.1, -0.05) is 48.0 Å². The predicted molar refractivity (Wildman–Crippen MR) is 108 cm³/mol. The Morgan fingerprint density at radius 3 is 2.65 bits per heavy atom. The summed E-state index contributed by atoms with van der Waals surface area (Å²) >= 11 is 8.02. The Kier molecular flexibility index (Phi) is 6.08. The van der Waals surface area contributed by atoms with Crippen molar-refractivity contribution in [2.45, 2.75) is 12.6 Å². The van der Waals surface area contributed by atoms with E-state index in [0.717, 1.165) is 5.56 Å². The highest BCUT2D eigenvalue weighted by atomic mass is 35.5. The van der Waals surface area contributed by atoms with Gasteiger partial charge in [0.05, 0.1) is 24.5 Å². The summed E-state index contributed by atoms with van der Waals surface area (Å²) < 4.78 is 1.38. The molecular weight excluding hydrogens is 368 g/mol. The summed E-state index contributed by atoms with van der Waals surface area (Å²) in [6.45, 7) is 1.03. The standard InChI is InChI=1S/C19H21ClN4OS/c1-23(2)16(17-9-6-10-26-17)12-21-15-11-22-24(19(25)18(15)20)13-14-7-4-3-5-8-14/h3-11,16,21H,12-13H2,1-2H3/t16-/m0/s1. The van der Waals surface area contributed by atoms with Gasteiger partial charge in [0.25, 0.3) is 5.56 Å². The first-order chi connectivity index (χ1) is 12.6. The van der Waals surface area contributed by atoms with E-state index in [1.165, 1.54) is 9.56 Å². The Labute approximate surface area is 161 Å². The number of nitrogens with one attached hydrogen (secondary N) is 1. The van der Waals surface area contributed by atoms with E-state index in [1.54, 1.807) is 17.5 Å². The molecule has 1 N–H and O–H groups in total. The summed E-state index contributed by atoms with van der Waals surface area (Å²) in [6, 6.07) is 14.1. The molecule has 0 aliphatic heterocycles. The van der Waals surface area contributed by atoms with Crippen molar-refractivity contribution < 1.29 is 0 Å². The molecule has 1 atom stereocenters. The average molecular weight is 389 g/mol. The molecule has 26 heavy (non-hydrogen) atoms. The highest BCUT2D eigenvalue weighted by molar-refractivity contribution is 7.10. The van der Waals surface area contributed by atoms with Crippen LogP contribution < -0.4 is 10.9 Å². The number of halogens is 1. The van der Waals surface area contributed by atoms with Crippen LogP contribution in [0.5, 0.6) is 0 Å². The van der Waals surface area contributed by atoms with E-state index < -0.39 is 0 Å². The number of rotatable bonds is 7. The second kappa shape index (κ2) is 8.49. The third-order valence-electron chi connectivity index (χ3n) is 4.14. The van der Waals surface area contributed by atoms with E-state index in [4.69, 9.17) is 11.6 Å². The fraction of sp³-hybridized carbons (Fsp3) is 0.263. The molecule has 0 aliphatic rings. The molecule has 0 saturated heterocycles. The van der Waals surface area contributed by atoms with Gasteiger partial charge in [-0.3, -0.25) is 4.79 Å². The van der Waals surface area contributed by atoms with Crippen molar-refractivity contribution in [2.24, 2.45) is 0 Å². The van der Waals surface area contributed by atoms with Crippen LogP contribution in [0.25, 0.3) is 0 Å². The lowest BCUT2D eigenvalue weighted by Crippen LogP contribution is -2.28. The molecule has 0 aliphatic carbocycles. The van der Waals surface area contributed by atoms with Gasteiger partial charge in [0.1, 0.15) is 5.02 Å². The summed E-state index contributed by atoms with van der Waals surface area (Å²) in [4.78, 5) is 15.9. The maximum atomic E-state index is 12.5. The van der Waals surface area contributed by atoms with Crippen molar-refractivity contribution in [3.05, 3.63) is 79.9 Å². The third-order valence-corrected chi connectivity index (χ3v) is 5.48. The first-order valence-electron chi connectivity index (χ1n) is 8.29. The monoisotopic (exact) mass is 388 g/mol. The number of hydrogen-bond acceptors (Lipinski definition) is 5. The quantitative estimate of drug-likeness (QED) is 0.670.